The van der Waals surface area contributed by atoms with E-state index in [0.29, 0.717) is 5.56 Å². The molecule has 9 nitrogen and oxygen atoms in total. The molecule has 1 aliphatic heterocycles. The van der Waals surface area contributed by atoms with E-state index in [-0.39, 0.29) is 19.9 Å². The number of nitro groups is 1. The van der Waals surface area contributed by atoms with Gasteiger partial charge >= 0.3 is 11.9 Å². The molecule has 1 atom stereocenters. The number of non-ortho nitro benzene ring substituents is 1. The zero-order chi connectivity index (χ0) is 21.0. The van der Waals surface area contributed by atoms with Crippen molar-refractivity contribution in [3.8, 4) is 0 Å². The van der Waals surface area contributed by atoms with E-state index in [2.05, 4.69) is 0 Å². The quantitative estimate of drug-likeness (QED) is 0.282. The number of halogens is 1. The Hall–Kier alpha value is -2.76. The number of thiocarbonyl (C=S) groups is 1. The van der Waals surface area contributed by atoms with Crippen LogP contribution in [-0.2, 0) is 14.4 Å². The fourth-order valence-electron chi connectivity index (χ4n) is 2.22. The van der Waals surface area contributed by atoms with Gasteiger partial charge in [0.1, 0.15) is 10.4 Å². The largest absolute Gasteiger partial charge is 0.481 e. The van der Waals surface area contributed by atoms with Gasteiger partial charge in [0.25, 0.3) is 11.6 Å². The third-order valence-corrected chi connectivity index (χ3v) is 5.01. The van der Waals surface area contributed by atoms with Crippen molar-refractivity contribution in [2.75, 3.05) is 0 Å². The molecule has 1 heterocycles. The highest BCUT2D eigenvalue weighted by Crippen LogP contribution is 2.34. The van der Waals surface area contributed by atoms with Crippen LogP contribution in [0.25, 0.3) is 6.08 Å². The lowest BCUT2D eigenvalue weighted by atomic mass is 10.1. The summed E-state index contributed by atoms with van der Waals surface area (Å²) in [6.45, 7) is 0. The Morgan fingerprint density at radius 1 is 1.32 bits per heavy atom. The van der Waals surface area contributed by atoms with E-state index in [9.17, 15) is 29.6 Å². The summed E-state index contributed by atoms with van der Waals surface area (Å²) in [5.74, 6) is -3.65. The number of carbonyl (C=O) groups excluding carboxylic acids is 1. The molecule has 1 fully saturated rings. The van der Waals surface area contributed by atoms with Crippen LogP contribution in [0.2, 0.25) is 0 Å². The number of carboxylic acid groups (broad SMARTS) is 2. The van der Waals surface area contributed by atoms with Gasteiger partial charge in [-0.15, -0.1) is 0 Å². The molecule has 2 N–H and O–H groups in total. The van der Waals surface area contributed by atoms with Gasteiger partial charge in [0.05, 0.1) is 16.2 Å². The van der Waals surface area contributed by atoms with Crippen LogP contribution in [-0.4, -0.2) is 48.2 Å². The van der Waals surface area contributed by atoms with Gasteiger partial charge in [-0.05, 0) is 29.8 Å². The van der Waals surface area contributed by atoms with E-state index < -0.39 is 35.2 Å². The molecule has 146 valence electrons. The normalized spacial score (nSPS) is 17.1. The first-order valence-electron chi connectivity index (χ1n) is 7.43. The summed E-state index contributed by atoms with van der Waals surface area (Å²) < 4.78 is -0.0929. The van der Waals surface area contributed by atoms with Crippen LogP contribution < -0.4 is 0 Å². The molecule has 1 saturated heterocycles. The third-order valence-electron chi connectivity index (χ3n) is 3.47. The molecule has 1 amide bonds. The van der Waals surface area contributed by atoms with Crippen LogP contribution in [0.15, 0.2) is 40.3 Å². The van der Waals surface area contributed by atoms with Crippen molar-refractivity contribution in [2.45, 2.75) is 12.5 Å². The highest BCUT2D eigenvalue weighted by molar-refractivity contribution is 8.26. The molecule has 0 unspecified atom stereocenters. The van der Waals surface area contributed by atoms with Gasteiger partial charge in [0.15, 0.2) is 0 Å². The number of nitrogens with zero attached hydrogens (tertiary/aromatic N) is 2. The molecule has 0 aromatic heterocycles. The van der Waals surface area contributed by atoms with Crippen LogP contribution in [0.4, 0.5) is 5.69 Å². The zero-order valence-electron chi connectivity index (χ0n) is 13.8. The van der Waals surface area contributed by atoms with Crippen molar-refractivity contribution in [1.82, 2.24) is 4.90 Å². The van der Waals surface area contributed by atoms with Crippen molar-refractivity contribution in [2.24, 2.45) is 0 Å². The molecule has 0 bridgehead atoms. The van der Waals surface area contributed by atoms with Gasteiger partial charge in [-0.25, -0.2) is 4.79 Å². The second-order valence-electron chi connectivity index (χ2n) is 5.38. The van der Waals surface area contributed by atoms with E-state index in [1.165, 1.54) is 36.4 Å². The topological polar surface area (TPSA) is 138 Å². The van der Waals surface area contributed by atoms with Crippen molar-refractivity contribution >= 4 is 69.5 Å². The molecule has 1 aromatic rings. The highest BCUT2D eigenvalue weighted by atomic mass is 35.5. The lowest BCUT2D eigenvalue weighted by molar-refractivity contribution is -0.384. The number of carbonyl (C=O) groups is 3. The molecule has 2 rings (SSSR count). The maximum atomic E-state index is 12.5. The fraction of sp³-hybridized carbons (Fsp3) is 0.125. The lowest BCUT2D eigenvalue weighted by Gasteiger charge is -2.21. The number of thioether (sulfide) groups is 1. The number of benzene rings is 1. The Morgan fingerprint density at radius 2 is 1.93 bits per heavy atom. The van der Waals surface area contributed by atoms with E-state index in [4.69, 9.17) is 28.9 Å². The molecule has 1 aliphatic rings. The monoisotopic (exact) mass is 442 g/mol. The standard InChI is InChI=1S/C16H11ClN2O7S2/c17-9(5-8-1-3-10(4-2-8)19(25)26)6-12-14(22)18(16(27)28-12)11(15(23)24)7-13(20)21/h1-6,11H,7H2,(H,20,21)(H,23,24)/b9-5+,12-6+/t11-/m0/s1. The molecular formula is C16H11ClN2O7S2. The van der Waals surface area contributed by atoms with Gasteiger partial charge in [0, 0.05) is 17.2 Å². The summed E-state index contributed by atoms with van der Waals surface area (Å²) in [4.78, 5) is 45.6. The summed E-state index contributed by atoms with van der Waals surface area (Å²) in [5, 5.41) is 28.8. The number of nitro benzene ring substituents is 1. The Morgan fingerprint density at radius 3 is 2.43 bits per heavy atom. The molecule has 0 aliphatic carbocycles. The van der Waals surface area contributed by atoms with Crippen molar-refractivity contribution in [1.29, 1.82) is 0 Å². The molecule has 12 heteroatoms. The predicted molar refractivity (Wildman–Crippen MR) is 106 cm³/mol. The van der Waals surface area contributed by atoms with Crippen LogP contribution in [0.3, 0.4) is 0 Å². The summed E-state index contributed by atoms with van der Waals surface area (Å²) in [6.07, 6.45) is 1.91. The van der Waals surface area contributed by atoms with Crippen molar-refractivity contribution in [3.05, 3.63) is 56.0 Å². The van der Waals surface area contributed by atoms with Crippen molar-refractivity contribution in [3.63, 3.8) is 0 Å². The Kier molecular flexibility index (Phi) is 6.89. The first kappa shape index (κ1) is 21.5. The number of hydrogen-bond acceptors (Lipinski definition) is 7. The van der Waals surface area contributed by atoms with Gasteiger partial charge in [0.2, 0.25) is 0 Å². The molecule has 0 radical (unpaired) electrons. The molecule has 0 saturated carbocycles. The summed E-state index contributed by atoms with van der Waals surface area (Å²) in [7, 11) is 0. The van der Waals surface area contributed by atoms with E-state index >= 15 is 0 Å². The van der Waals surface area contributed by atoms with Gasteiger partial charge in [-0.3, -0.25) is 24.6 Å². The highest BCUT2D eigenvalue weighted by Gasteiger charge is 2.41. The Balaban J connectivity index is 2.25. The van der Waals surface area contributed by atoms with E-state index in [0.717, 1.165) is 16.7 Å². The van der Waals surface area contributed by atoms with Crippen LogP contribution in [0.1, 0.15) is 12.0 Å². The lowest BCUT2D eigenvalue weighted by Crippen LogP contribution is -2.45. The van der Waals surface area contributed by atoms with E-state index in [1.54, 1.807) is 0 Å². The van der Waals surface area contributed by atoms with Crippen LogP contribution in [0, 0.1) is 10.1 Å². The number of allylic oxidation sites excluding steroid dienone is 2. The molecule has 28 heavy (non-hydrogen) atoms. The Labute approximate surface area is 172 Å². The van der Waals surface area contributed by atoms with Gasteiger partial charge in [-0.2, -0.15) is 0 Å². The minimum Gasteiger partial charge on any atom is -0.481 e. The van der Waals surface area contributed by atoms with Gasteiger partial charge in [-0.1, -0.05) is 35.6 Å². The number of carboxylic acids is 2. The fourth-order valence-corrected chi connectivity index (χ4v) is 3.87. The summed E-state index contributed by atoms with van der Waals surface area (Å²) in [6, 6.07) is 3.88. The summed E-state index contributed by atoms with van der Waals surface area (Å²) >= 11 is 11.9. The van der Waals surface area contributed by atoms with E-state index in [1.807, 2.05) is 0 Å². The number of rotatable bonds is 7. The van der Waals surface area contributed by atoms with Gasteiger partial charge < -0.3 is 10.2 Å². The number of aliphatic carboxylic acids is 2. The zero-order valence-corrected chi connectivity index (χ0v) is 16.2. The average molecular weight is 443 g/mol. The number of hydrogen-bond donors (Lipinski definition) is 2. The maximum Gasteiger partial charge on any atom is 0.327 e. The second kappa shape index (κ2) is 8.95. The van der Waals surface area contributed by atoms with Crippen LogP contribution >= 0.6 is 35.6 Å². The minimum atomic E-state index is -1.63. The molecule has 1 aromatic carbocycles. The molecule has 0 spiro atoms. The third kappa shape index (κ3) is 5.15. The SMILES string of the molecule is O=C(O)C[C@@H](C(=O)O)N1C(=O)/C(=C\C(Cl)=C/c2ccc([N+](=O)[O-])cc2)SC1=S. The number of amides is 1. The van der Waals surface area contributed by atoms with Crippen LogP contribution in [0.5, 0.6) is 0 Å². The Bertz CT molecular complexity index is 927. The average Bonchev–Trinajstić information content (AvgIpc) is 2.86. The first-order chi connectivity index (χ1) is 13.1. The first-order valence-corrected chi connectivity index (χ1v) is 9.03. The minimum absolute atomic E-state index is 0.0322. The predicted octanol–water partition coefficient (Wildman–Crippen LogP) is 2.85. The molecular weight excluding hydrogens is 432 g/mol. The summed E-state index contributed by atoms with van der Waals surface area (Å²) in [5.41, 5.74) is 0.448. The van der Waals surface area contributed by atoms with Crippen molar-refractivity contribution < 1.29 is 29.5 Å². The second-order valence-corrected chi connectivity index (χ2v) is 7.49. The maximum absolute atomic E-state index is 12.5. The smallest absolute Gasteiger partial charge is 0.327 e.